The molecule has 1 fully saturated rings. The highest BCUT2D eigenvalue weighted by atomic mass is 16.3. The van der Waals surface area contributed by atoms with Crippen molar-refractivity contribution in [3.63, 3.8) is 0 Å². The Hall–Kier alpha value is -1.81. The van der Waals surface area contributed by atoms with Crippen LogP contribution in [-0.4, -0.2) is 19.0 Å². The second-order valence-electron chi connectivity index (χ2n) is 5.87. The van der Waals surface area contributed by atoms with Crippen molar-refractivity contribution < 1.29 is 9.21 Å². The fourth-order valence-electron chi connectivity index (χ4n) is 2.63. The van der Waals surface area contributed by atoms with Gasteiger partial charge in [-0.2, -0.15) is 0 Å². The van der Waals surface area contributed by atoms with E-state index in [0.29, 0.717) is 18.8 Å². The molecular weight excluding hydrogens is 252 g/mol. The molecule has 0 bridgehead atoms. The van der Waals surface area contributed by atoms with Crippen LogP contribution in [0.4, 0.5) is 0 Å². The molecule has 1 aliphatic rings. The molecule has 1 heterocycles. The maximum Gasteiger partial charge on any atom is 0.287 e. The van der Waals surface area contributed by atoms with Crippen LogP contribution in [-0.2, 0) is 0 Å². The van der Waals surface area contributed by atoms with E-state index < -0.39 is 0 Å². The second-order valence-corrected chi connectivity index (χ2v) is 5.87. The summed E-state index contributed by atoms with van der Waals surface area (Å²) in [5.74, 6) is 0.247. The minimum atomic E-state index is -0.137. The third-order valence-corrected chi connectivity index (χ3v) is 4.15. The molecule has 0 radical (unpaired) electrons. The van der Waals surface area contributed by atoms with Crippen LogP contribution in [0, 0.1) is 12.3 Å². The molecule has 3 N–H and O–H groups in total. The van der Waals surface area contributed by atoms with Crippen molar-refractivity contribution in [3.05, 3.63) is 35.6 Å². The SMILES string of the molecule is Cc1ccc2oc(C(=O)NCC3(CCN)CC3)cc2c1. The summed E-state index contributed by atoms with van der Waals surface area (Å²) < 4.78 is 5.59. The number of hydrogen-bond acceptors (Lipinski definition) is 3. The van der Waals surface area contributed by atoms with Gasteiger partial charge in [-0.1, -0.05) is 11.6 Å². The van der Waals surface area contributed by atoms with Crippen molar-refractivity contribution in [3.8, 4) is 0 Å². The summed E-state index contributed by atoms with van der Waals surface area (Å²) in [6, 6.07) is 7.71. The normalized spacial score (nSPS) is 16.3. The number of rotatable bonds is 5. The second kappa shape index (κ2) is 4.94. The summed E-state index contributed by atoms with van der Waals surface area (Å²) in [6.45, 7) is 3.40. The van der Waals surface area contributed by atoms with Crippen LogP contribution in [0.25, 0.3) is 11.0 Å². The van der Waals surface area contributed by atoms with Crippen LogP contribution in [0.5, 0.6) is 0 Å². The molecule has 1 aromatic carbocycles. The van der Waals surface area contributed by atoms with E-state index in [-0.39, 0.29) is 11.3 Å². The summed E-state index contributed by atoms with van der Waals surface area (Å²) in [7, 11) is 0. The van der Waals surface area contributed by atoms with Crippen LogP contribution in [0.3, 0.4) is 0 Å². The molecule has 4 nitrogen and oxygen atoms in total. The van der Waals surface area contributed by atoms with E-state index in [0.717, 1.165) is 35.8 Å². The zero-order chi connectivity index (χ0) is 14.2. The first-order valence-corrected chi connectivity index (χ1v) is 7.10. The molecule has 2 aromatic rings. The molecule has 1 aliphatic carbocycles. The van der Waals surface area contributed by atoms with Crippen LogP contribution in [0.1, 0.15) is 35.4 Å². The van der Waals surface area contributed by atoms with Gasteiger partial charge in [-0.05, 0) is 56.3 Å². The van der Waals surface area contributed by atoms with Crippen molar-refractivity contribution in [2.45, 2.75) is 26.2 Å². The predicted molar refractivity (Wildman–Crippen MR) is 78.6 cm³/mol. The highest BCUT2D eigenvalue weighted by Gasteiger charge is 2.41. The Bertz CT molecular complexity index is 641. The summed E-state index contributed by atoms with van der Waals surface area (Å²) >= 11 is 0. The van der Waals surface area contributed by atoms with Gasteiger partial charge < -0.3 is 15.5 Å². The third-order valence-electron chi connectivity index (χ3n) is 4.15. The molecule has 106 valence electrons. The van der Waals surface area contributed by atoms with Gasteiger partial charge in [-0.25, -0.2) is 0 Å². The Labute approximate surface area is 118 Å². The summed E-state index contributed by atoms with van der Waals surface area (Å²) in [4.78, 5) is 12.1. The number of carbonyl (C=O) groups excluding carboxylic acids is 1. The lowest BCUT2D eigenvalue weighted by Crippen LogP contribution is -2.31. The average Bonchev–Trinajstić information content (AvgIpc) is 3.06. The minimum Gasteiger partial charge on any atom is -0.451 e. The molecule has 4 heteroatoms. The molecule has 0 aliphatic heterocycles. The topological polar surface area (TPSA) is 68.3 Å². The number of nitrogens with two attached hydrogens (primary N) is 1. The molecular formula is C16H20N2O2. The van der Waals surface area contributed by atoms with Crippen LogP contribution >= 0.6 is 0 Å². The number of aryl methyl sites for hydroxylation is 1. The van der Waals surface area contributed by atoms with E-state index in [1.54, 1.807) is 6.07 Å². The number of hydrogen-bond donors (Lipinski definition) is 2. The Kier molecular flexibility index (Phi) is 3.26. The molecule has 3 rings (SSSR count). The highest BCUT2D eigenvalue weighted by Crippen LogP contribution is 2.47. The standard InChI is InChI=1S/C16H20N2O2/c1-11-2-3-13-12(8-11)9-14(20-13)15(19)18-10-16(4-5-16)6-7-17/h2-3,8-9H,4-7,10,17H2,1H3,(H,18,19). The number of carbonyl (C=O) groups is 1. The molecule has 1 amide bonds. The average molecular weight is 272 g/mol. The van der Waals surface area contributed by atoms with Crippen molar-refractivity contribution in [2.75, 3.05) is 13.1 Å². The molecule has 0 saturated heterocycles. The molecule has 1 aromatic heterocycles. The minimum absolute atomic E-state index is 0.137. The maximum atomic E-state index is 12.1. The van der Waals surface area contributed by atoms with E-state index in [9.17, 15) is 4.79 Å². The first kappa shape index (κ1) is 13.2. The van der Waals surface area contributed by atoms with E-state index in [1.165, 1.54) is 0 Å². The van der Waals surface area contributed by atoms with Gasteiger partial charge in [0, 0.05) is 11.9 Å². The molecule has 0 spiro atoms. The smallest absolute Gasteiger partial charge is 0.287 e. The number of benzene rings is 1. The van der Waals surface area contributed by atoms with Crippen molar-refractivity contribution in [2.24, 2.45) is 11.1 Å². The van der Waals surface area contributed by atoms with E-state index >= 15 is 0 Å². The summed E-state index contributed by atoms with van der Waals surface area (Å²) in [5.41, 5.74) is 7.76. The first-order valence-electron chi connectivity index (χ1n) is 7.10. The lowest BCUT2D eigenvalue weighted by molar-refractivity contribution is 0.0918. The van der Waals surface area contributed by atoms with Gasteiger partial charge in [-0.3, -0.25) is 4.79 Å². The number of fused-ring (bicyclic) bond motifs is 1. The van der Waals surface area contributed by atoms with Gasteiger partial charge in [0.2, 0.25) is 0 Å². The Morgan fingerprint density at radius 3 is 2.90 bits per heavy atom. The zero-order valence-electron chi connectivity index (χ0n) is 11.7. The Balaban J connectivity index is 1.69. The molecule has 0 atom stereocenters. The van der Waals surface area contributed by atoms with Crippen LogP contribution < -0.4 is 11.1 Å². The van der Waals surface area contributed by atoms with Crippen LogP contribution in [0.2, 0.25) is 0 Å². The van der Waals surface area contributed by atoms with Gasteiger partial charge in [0.15, 0.2) is 5.76 Å². The molecule has 1 saturated carbocycles. The Morgan fingerprint density at radius 1 is 1.40 bits per heavy atom. The fourth-order valence-corrected chi connectivity index (χ4v) is 2.63. The van der Waals surface area contributed by atoms with E-state index in [1.807, 2.05) is 25.1 Å². The van der Waals surface area contributed by atoms with E-state index in [2.05, 4.69) is 5.32 Å². The lowest BCUT2D eigenvalue weighted by Gasteiger charge is -2.13. The number of amides is 1. The van der Waals surface area contributed by atoms with Gasteiger partial charge in [0.05, 0.1) is 0 Å². The van der Waals surface area contributed by atoms with Gasteiger partial charge in [-0.15, -0.1) is 0 Å². The zero-order valence-corrected chi connectivity index (χ0v) is 11.7. The highest BCUT2D eigenvalue weighted by molar-refractivity contribution is 5.96. The monoisotopic (exact) mass is 272 g/mol. The molecule has 20 heavy (non-hydrogen) atoms. The Morgan fingerprint density at radius 2 is 2.20 bits per heavy atom. The van der Waals surface area contributed by atoms with Gasteiger partial charge in [0.1, 0.15) is 5.58 Å². The third kappa shape index (κ3) is 2.56. The number of furan rings is 1. The van der Waals surface area contributed by atoms with Crippen LogP contribution in [0.15, 0.2) is 28.7 Å². The fraction of sp³-hybridized carbons (Fsp3) is 0.438. The van der Waals surface area contributed by atoms with Crippen molar-refractivity contribution >= 4 is 16.9 Å². The maximum absolute atomic E-state index is 12.1. The number of nitrogens with one attached hydrogen (secondary N) is 1. The van der Waals surface area contributed by atoms with Crippen molar-refractivity contribution in [1.82, 2.24) is 5.32 Å². The summed E-state index contributed by atoms with van der Waals surface area (Å²) in [6.07, 6.45) is 3.29. The quantitative estimate of drug-likeness (QED) is 0.879. The van der Waals surface area contributed by atoms with E-state index in [4.69, 9.17) is 10.2 Å². The summed E-state index contributed by atoms with van der Waals surface area (Å²) in [5, 5.41) is 3.94. The predicted octanol–water partition coefficient (Wildman–Crippen LogP) is 2.60. The van der Waals surface area contributed by atoms with Crippen molar-refractivity contribution in [1.29, 1.82) is 0 Å². The lowest BCUT2D eigenvalue weighted by atomic mass is 10.0. The van der Waals surface area contributed by atoms with Gasteiger partial charge >= 0.3 is 0 Å². The van der Waals surface area contributed by atoms with Gasteiger partial charge in [0.25, 0.3) is 5.91 Å². The first-order chi connectivity index (χ1) is 9.62. The molecule has 0 unspecified atom stereocenters. The largest absolute Gasteiger partial charge is 0.451 e.